The van der Waals surface area contributed by atoms with E-state index < -0.39 is 0 Å². The standard InChI is InChI=1S/C19H27NO4/c1-4-23-19(22)15-8-10-20(11-9-15)18(21)16-6-5-7-17(12-16)24-13-14(2)3/h5-7,12,14-15H,4,8-11,13H2,1-3H3. The molecule has 1 saturated heterocycles. The zero-order valence-electron chi connectivity index (χ0n) is 14.8. The van der Waals surface area contributed by atoms with Crippen LogP contribution in [0, 0.1) is 11.8 Å². The maximum Gasteiger partial charge on any atom is 0.309 e. The Kier molecular flexibility index (Phi) is 6.64. The third-order valence-electron chi connectivity index (χ3n) is 4.07. The second-order valence-corrected chi connectivity index (χ2v) is 6.55. The average Bonchev–Trinajstić information content (AvgIpc) is 2.60. The summed E-state index contributed by atoms with van der Waals surface area (Å²) in [7, 11) is 0. The molecule has 5 heteroatoms. The van der Waals surface area contributed by atoms with Crippen molar-refractivity contribution in [2.45, 2.75) is 33.6 Å². The van der Waals surface area contributed by atoms with Crippen LogP contribution in [0.5, 0.6) is 5.75 Å². The highest BCUT2D eigenvalue weighted by molar-refractivity contribution is 5.94. The number of esters is 1. The summed E-state index contributed by atoms with van der Waals surface area (Å²) in [6.07, 6.45) is 1.32. The summed E-state index contributed by atoms with van der Waals surface area (Å²) in [6, 6.07) is 7.31. The van der Waals surface area contributed by atoms with Crippen LogP contribution < -0.4 is 4.74 Å². The minimum Gasteiger partial charge on any atom is -0.493 e. The van der Waals surface area contributed by atoms with Crippen molar-refractivity contribution in [2.75, 3.05) is 26.3 Å². The number of ether oxygens (including phenoxy) is 2. The van der Waals surface area contributed by atoms with Crippen LogP contribution in [0.3, 0.4) is 0 Å². The number of likely N-dealkylation sites (tertiary alicyclic amines) is 1. The van der Waals surface area contributed by atoms with Crippen LogP contribution in [-0.2, 0) is 9.53 Å². The van der Waals surface area contributed by atoms with Gasteiger partial charge in [0.25, 0.3) is 5.91 Å². The molecule has 0 bridgehead atoms. The molecule has 1 aliphatic heterocycles. The van der Waals surface area contributed by atoms with Gasteiger partial charge in [-0.25, -0.2) is 0 Å². The van der Waals surface area contributed by atoms with Crippen LogP contribution in [0.4, 0.5) is 0 Å². The number of rotatable bonds is 6. The summed E-state index contributed by atoms with van der Waals surface area (Å²) in [5, 5.41) is 0. The molecule has 1 aliphatic rings. The number of piperidine rings is 1. The Morgan fingerprint density at radius 2 is 1.96 bits per heavy atom. The Hall–Kier alpha value is -2.04. The van der Waals surface area contributed by atoms with Crippen molar-refractivity contribution in [3.8, 4) is 5.75 Å². The van der Waals surface area contributed by atoms with Gasteiger partial charge in [0.1, 0.15) is 5.75 Å². The van der Waals surface area contributed by atoms with E-state index in [9.17, 15) is 9.59 Å². The second-order valence-electron chi connectivity index (χ2n) is 6.55. The summed E-state index contributed by atoms with van der Waals surface area (Å²) >= 11 is 0. The average molecular weight is 333 g/mol. The van der Waals surface area contributed by atoms with Crippen molar-refractivity contribution in [3.05, 3.63) is 29.8 Å². The molecule has 5 nitrogen and oxygen atoms in total. The van der Waals surface area contributed by atoms with E-state index in [1.165, 1.54) is 0 Å². The minimum absolute atomic E-state index is 0.00712. The summed E-state index contributed by atoms with van der Waals surface area (Å²) in [4.78, 5) is 26.2. The highest BCUT2D eigenvalue weighted by Crippen LogP contribution is 2.22. The van der Waals surface area contributed by atoms with Gasteiger partial charge < -0.3 is 14.4 Å². The Balaban J connectivity index is 1.93. The van der Waals surface area contributed by atoms with Gasteiger partial charge >= 0.3 is 5.97 Å². The molecule has 1 amide bonds. The summed E-state index contributed by atoms with van der Waals surface area (Å²) in [5.41, 5.74) is 0.630. The molecule has 0 radical (unpaired) electrons. The second kappa shape index (κ2) is 8.71. The molecule has 0 aromatic heterocycles. The van der Waals surface area contributed by atoms with Gasteiger partial charge in [-0.2, -0.15) is 0 Å². The summed E-state index contributed by atoms with van der Waals surface area (Å²) < 4.78 is 10.8. The van der Waals surface area contributed by atoms with E-state index in [1.54, 1.807) is 11.0 Å². The molecule has 1 fully saturated rings. The van der Waals surface area contributed by atoms with Gasteiger partial charge in [0.15, 0.2) is 0 Å². The van der Waals surface area contributed by atoms with Gasteiger partial charge in [-0.3, -0.25) is 9.59 Å². The first-order chi connectivity index (χ1) is 11.5. The first kappa shape index (κ1) is 18.3. The Bertz CT molecular complexity index is 562. The highest BCUT2D eigenvalue weighted by Gasteiger charge is 2.28. The molecule has 0 spiro atoms. The number of carbonyl (C=O) groups excluding carboxylic acids is 2. The first-order valence-electron chi connectivity index (χ1n) is 8.70. The molecule has 1 aromatic carbocycles. The first-order valence-corrected chi connectivity index (χ1v) is 8.70. The fraction of sp³-hybridized carbons (Fsp3) is 0.579. The third-order valence-corrected chi connectivity index (χ3v) is 4.07. The fourth-order valence-corrected chi connectivity index (χ4v) is 2.74. The lowest BCUT2D eigenvalue weighted by Gasteiger charge is -2.31. The van der Waals surface area contributed by atoms with Crippen molar-refractivity contribution >= 4 is 11.9 Å². The Labute approximate surface area is 143 Å². The van der Waals surface area contributed by atoms with E-state index >= 15 is 0 Å². The highest BCUT2D eigenvalue weighted by atomic mass is 16.5. The lowest BCUT2D eigenvalue weighted by Crippen LogP contribution is -2.40. The van der Waals surface area contributed by atoms with E-state index in [0.29, 0.717) is 50.6 Å². The lowest BCUT2D eigenvalue weighted by atomic mass is 9.96. The van der Waals surface area contributed by atoms with Crippen molar-refractivity contribution in [1.82, 2.24) is 4.90 Å². The van der Waals surface area contributed by atoms with Gasteiger partial charge in [-0.15, -0.1) is 0 Å². The summed E-state index contributed by atoms with van der Waals surface area (Å²) in [5.74, 6) is 0.915. The van der Waals surface area contributed by atoms with Crippen LogP contribution in [0.1, 0.15) is 44.0 Å². The number of hydrogen-bond donors (Lipinski definition) is 0. The number of benzene rings is 1. The molecule has 1 aromatic rings. The topological polar surface area (TPSA) is 55.8 Å². The largest absolute Gasteiger partial charge is 0.493 e. The molecule has 2 rings (SSSR count). The molecule has 0 atom stereocenters. The van der Waals surface area contributed by atoms with Gasteiger partial charge in [0.2, 0.25) is 0 Å². The monoisotopic (exact) mass is 333 g/mol. The zero-order chi connectivity index (χ0) is 17.5. The van der Waals surface area contributed by atoms with Crippen LogP contribution in [0.2, 0.25) is 0 Å². The molecule has 0 N–H and O–H groups in total. The summed E-state index contributed by atoms with van der Waals surface area (Å²) in [6.45, 7) is 8.18. The van der Waals surface area contributed by atoms with Gasteiger partial charge in [-0.05, 0) is 43.9 Å². The number of carbonyl (C=O) groups is 2. The molecular formula is C19H27NO4. The van der Waals surface area contributed by atoms with E-state index in [1.807, 2.05) is 25.1 Å². The molecule has 0 saturated carbocycles. The predicted octanol–water partition coefficient (Wildman–Crippen LogP) is 3.14. The third kappa shape index (κ3) is 4.98. The number of hydrogen-bond acceptors (Lipinski definition) is 4. The van der Waals surface area contributed by atoms with Crippen molar-refractivity contribution in [2.24, 2.45) is 11.8 Å². The smallest absolute Gasteiger partial charge is 0.309 e. The quantitative estimate of drug-likeness (QED) is 0.751. The van der Waals surface area contributed by atoms with Crippen LogP contribution >= 0.6 is 0 Å². The van der Waals surface area contributed by atoms with E-state index in [0.717, 1.165) is 5.75 Å². The molecule has 132 valence electrons. The lowest BCUT2D eigenvalue weighted by molar-refractivity contribution is -0.149. The van der Waals surface area contributed by atoms with Crippen LogP contribution in [0.25, 0.3) is 0 Å². The van der Waals surface area contributed by atoms with Gasteiger partial charge in [-0.1, -0.05) is 19.9 Å². The molecule has 24 heavy (non-hydrogen) atoms. The number of amides is 1. The Morgan fingerprint density at radius 3 is 2.58 bits per heavy atom. The van der Waals surface area contributed by atoms with Gasteiger partial charge in [0, 0.05) is 18.7 Å². The van der Waals surface area contributed by atoms with Crippen LogP contribution in [-0.4, -0.2) is 43.1 Å². The fourth-order valence-electron chi connectivity index (χ4n) is 2.74. The normalized spacial score (nSPS) is 15.4. The predicted molar refractivity (Wildman–Crippen MR) is 92.0 cm³/mol. The maximum atomic E-state index is 12.6. The van der Waals surface area contributed by atoms with E-state index in [2.05, 4.69) is 13.8 Å². The van der Waals surface area contributed by atoms with Gasteiger partial charge in [0.05, 0.1) is 19.1 Å². The van der Waals surface area contributed by atoms with E-state index in [4.69, 9.17) is 9.47 Å². The Morgan fingerprint density at radius 1 is 1.25 bits per heavy atom. The van der Waals surface area contributed by atoms with E-state index in [-0.39, 0.29) is 17.8 Å². The molecule has 1 heterocycles. The molecule has 0 aliphatic carbocycles. The SMILES string of the molecule is CCOC(=O)C1CCN(C(=O)c2cccc(OCC(C)C)c2)CC1. The van der Waals surface area contributed by atoms with Crippen LogP contribution in [0.15, 0.2) is 24.3 Å². The molecule has 0 unspecified atom stereocenters. The molecular weight excluding hydrogens is 306 g/mol. The van der Waals surface area contributed by atoms with Crippen molar-refractivity contribution < 1.29 is 19.1 Å². The maximum absolute atomic E-state index is 12.6. The van der Waals surface area contributed by atoms with Crippen molar-refractivity contribution in [3.63, 3.8) is 0 Å². The minimum atomic E-state index is -0.145. The number of nitrogens with zero attached hydrogens (tertiary/aromatic N) is 1. The zero-order valence-corrected chi connectivity index (χ0v) is 14.8. The van der Waals surface area contributed by atoms with Crippen molar-refractivity contribution in [1.29, 1.82) is 0 Å².